The number of aliphatic carboxylic acids is 1. The highest BCUT2D eigenvalue weighted by Gasteiger charge is 2.38. The molecule has 27 heavy (non-hydrogen) atoms. The number of carboxylic acids is 1. The molecule has 0 fully saturated rings. The molecular weight excluding hydrogens is 361 g/mol. The first kappa shape index (κ1) is 18.2. The molecule has 0 atom stereocenters. The Bertz CT molecular complexity index is 1060. The van der Waals surface area contributed by atoms with Gasteiger partial charge in [-0.25, -0.2) is 14.5 Å². The lowest BCUT2D eigenvalue weighted by Gasteiger charge is -2.02. The molecule has 0 spiro atoms. The highest BCUT2D eigenvalue weighted by molar-refractivity contribution is 5.84. The van der Waals surface area contributed by atoms with Crippen molar-refractivity contribution in [1.82, 2.24) is 19.7 Å². The van der Waals surface area contributed by atoms with Gasteiger partial charge in [0.25, 0.3) is 0 Å². The predicted octanol–water partition coefficient (Wildman–Crippen LogP) is 4.05. The number of carboxylic acid groups (broad SMARTS) is 1. The van der Waals surface area contributed by atoms with Crippen molar-refractivity contribution in [3.63, 3.8) is 0 Å². The van der Waals surface area contributed by atoms with Crippen LogP contribution in [0.5, 0.6) is 0 Å². The molecule has 138 valence electrons. The average molecular weight is 374 g/mol. The van der Waals surface area contributed by atoms with Crippen LogP contribution in [0.1, 0.15) is 0 Å². The Kier molecular flexibility index (Phi) is 4.93. The number of hydrogen-bond acceptors (Lipinski definition) is 3. The maximum absolute atomic E-state index is 10.6. The molecule has 0 saturated heterocycles. The van der Waals surface area contributed by atoms with Crippen molar-refractivity contribution in [3.05, 3.63) is 67.3 Å². The van der Waals surface area contributed by atoms with Gasteiger partial charge >= 0.3 is 12.1 Å². The van der Waals surface area contributed by atoms with Gasteiger partial charge in [0.05, 0.1) is 11.9 Å². The number of nitrogens with one attached hydrogen (secondary N) is 1. The van der Waals surface area contributed by atoms with Gasteiger partial charge in [-0.05, 0) is 17.7 Å². The lowest BCUT2D eigenvalue weighted by molar-refractivity contribution is -0.192. The molecule has 3 heterocycles. The van der Waals surface area contributed by atoms with Crippen LogP contribution in [0.4, 0.5) is 13.2 Å². The van der Waals surface area contributed by atoms with E-state index in [4.69, 9.17) is 9.90 Å². The minimum Gasteiger partial charge on any atom is -0.475 e. The molecule has 0 radical (unpaired) electrons. The van der Waals surface area contributed by atoms with E-state index in [1.165, 1.54) is 0 Å². The zero-order valence-electron chi connectivity index (χ0n) is 13.7. The van der Waals surface area contributed by atoms with Gasteiger partial charge in [0.15, 0.2) is 0 Å². The number of H-pyrrole nitrogens is 1. The zero-order chi connectivity index (χ0) is 19.4. The summed E-state index contributed by atoms with van der Waals surface area (Å²) < 4.78 is 33.6. The summed E-state index contributed by atoms with van der Waals surface area (Å²) in [5, 5.41) is 12.7. The van der Waals surface area contributed by atoms with Crippen LogP contribution in [0.15, 0.2) is 67.3 Å². The van der Waals surface area contributed by atoms with E-state index in [0.29, 0.717) is 0 Å². The number of halogens is 3. The summed E-state index contributed by atoms with van der Waals surface area (Å²) >= 11 is 0. The third-order valence-electron chi connectivity index (χ3n) is 3.62. The lowest BCUT2D eigenvalue weighted by atomic mass is 10.1. The van der Waals surface area contributed by atoms with Crippen molar-refractivity contribution in [1.29, 1.82) is 0 Å². The van der Waals surface area contributed by atoms with Gasteiger partial charge in [-0.3, -0.25) is 0 Å². The number of benzene rings is 1. The molecule has 0 unspecified atom stereocenters. The van der Waals surface area contributed by atoms with Crippen molar-refractivity contribution in [2.45, 2.75) is 6.18 Å². The fourth-order valence-corrected chi connectivity index (χ4v) is 2.38. The van der Waals surface area contributed by atoms with Crippen molar-refractivity contribution >= 4 is 17.0 Å². The highest BCUT2D eigenvalue weighted by Crippen LogP contribution is 2.23. The molecule has 0 aliphatic carbocycles. The Hall–Kier alpha value is -3.62. The molecule has 0 aliphatic heterocycles. The van der Waals surface area contributed by atoms with Crippen LogP contribution >= 0.6 is 0 Å². The summed E-state index contributed by atoms with van der Waals surface area (Å²) in [5.41, 5.74) is 4.17. The third-order valence-corrected chi connectivity index (χ3v) is 3.62. The van der Waals surface area contributed by atoms with E-state index in [1.54, 1.807) is 6.20 Å². The molecule has 4 aromatic rings. The SMILES string of the molecule is O=C(O)C(F)(F)F.c1ccc(-c2cnn(-c3ccnc4[nH]ccc34)c2)cc1. The zero-order valence-corrected chi connectivity index (χ0v) is 13.7. The number of rotatable bonds is 2. The molecule has 1 aromatic carbocycles. The molecule has 0 bridgehead atoms. The number of aromatic nitrogens is 4. The number of carbonyl (C=O) groups is 1. The summed E-state index contributed by atoms with van der Waals surface area (Å²) in [6.07, 6.45) is 2.52. The van der Waals surface area contributed by atoms with Gasteiger partial charge in [-0.15, -0.1) is 0 Å². The summed E-state index contributed by atoms with van der Waals surface area (Å²) in [4.78, 5) is 16.3. The number of hydrogen-bond donors (Lipinski definition) is 2. The Morgan fingerprint density at radius 3 is 2.44 bits per heavy atom. The molecular formula is C18H13F3N4O2. The average Bonchev–Trinajstić information content (AvgIpc) is 3.31. The van der Waals surface area contributed by atoms with E-state index in [0.717, 1.165) is 27.8 Å². The minimum atomic E-state index is -5.08. The van der Waals surface area contributed by atoms with Gasteiger partial charge in [-0.1, -0.05) is 30.3 Å². The Morgan fingerprint density at radius 2 is 1.78 bits per heavy atom. The van der Waals surface area contributed by atoms with Crippen molar-refractivity contribution in [2.75, 3.05) is 0 Å². The number of pyridine rings is 1. The molecule has 0 amide bonds. The first-order valence-electron chi connectivity index (χ1n) is 7.69. The molecule has 4 rings (SSSR count). The summed E-state index contributed by atoms with van der Waals surface area (Å²) in [6.45, 7) is 0. The summed E-state index contributed by atoms with van der Waals surface area (Å²) in [5.74, 6) is -2.76. The third kappa shape index (κ3) is 4.14. The molecule has 3 aromatic heterocycles. The van der Waals surface area contributed by atoms with E-state index in [9.17, 15) is 13.2 Å². The van der Waals surface area contributed by atoms with E-state index in [-0.39, 0.29) is 0 Å². The van der Waals surface area contributed by atoms with Crippen LogP contribution in [-0.2, 0) is 4.79 Å². The largest absolute Gasteiger partial charge is 0.490 e. The Balaban J connectivity index is 0.000000260. The maximum Gasteiger partial charge on any atom is 0.490 e. The Morgan fingerprint density at radius 1 is 1.07 bits per heavy atom. The second-order valence-corrected chi connectivity index (χ2v) is 5.41. The second-order valence-electron chi connectivity index (χ2n) is 5.41. The fourth-order valence-electron chi connectivity index (χ4n) is 2.38. The minimum absolute atomic E-state index is 0.874. The van der Waals surface area contributed by atoms with Gasteiger partial charge in [0.2, 0.25) is 0 Å². The quantitative estimate of drug-likeness (QED) is 0.554. The summed E-state index contributed by atoms with van der Waals surface area (Å²) in [6, 6.07) is 14.2. The Labute approximate surface area is 150 Å². The van der Waals surface area contributed by atoms with Gasteiger partial charge < -0.3 is 10.1 Å². The predicted molar refractivity (Wildman–Crippen MR) is 92.3 cm³/mol. The van der Waals surface area contributed by atoms with Crippen LogP contribution in [0.3, 0.4) is 0 Å². The molecule has 2 N–H and O–H groups in total. The normalized spacial score (nSPS) is 11.1. The van der Waals surface area contributed by atoms with Gasteiger partial charge in [-0.2, -0.15) is 18.3 Å². The smallest absolute Gasteiger partial charge is 0.475 e. The van der Waals surface area contributed by atoms with E-state index >= 15 is 0 Å². The molecule has 0 aliphatic rings. The first-order chi connectivity index (χ1) is 12.9. The highest BCUT2D eigenvalue weighted by atomic mass is 19.4. The van der Waals surface area contributed by atoms with E-state index in [2.05, 4.69) is 27.2 Å². The van der Waals surface area contributed by atoms with Crippen molar-refractivity contribution in [3.8, 4) is 16.8 Å². The lowest BCUT2D eigenvalue weighted by Crippen LogP contribution is -2.21. The monoisotopic (exact) mass is 374 g/mol. The van der Waals surface area contributed by atoms with Gasteiger partial charge in [0, 0.05) is 29.5 Å². The van der Waals surface area contributed by atoms with Crippen LogP contribution < -0.4 is 0 Å². The fraction of sp³-hybridized carbons (Fsp3) is 0.0556. The number of aromatic amines is 1. The molecule has 0 saturated carbocycles. The number of nitrogens with zero attached hydrogens (tertiary/aromatic N) is 3. The van der Waals surface area contributed by atoms with Crippen LogP contribution in [0.25, 0.3) is 27.8 Å². The topological polar surface area (TPSA) is 83.8 Å². The van der Waals surface area contributed by atoms with Crippen LogP contribution in [-0.4, -0.2) is 37.0 Å². The van der Waals surface area contributed by atoms with Crippen molar-refractivity contribution in [2.24, 2.45) is 0 Å². The summed E-state index contributed by atoms with van der Waals surface area (Å²) in [7, 11) is 0. The van der Waals surface area contributed by atoms with Crippen molar-refractivity contribution < 1.29 is 23.1 Å². The number of alkyl halides is 3. The maximum atomic E-state index is 10.6. The van der Waals surface area contributed by atoms with E-state index < -0.39 is 12.1 Å². The van der Waals surface area contributed by atoms with Crippen LogP contribution in [0, 0.1) is 0 Å². The van der Waals surface area contributed by atoms with Gasteiger partial charge in [0.1, 0.15) is 5.65 Å². The second kappa shape index (κ2) is 7.32. The van der Waals surface area contributed by atoms with E-state index in [1.807, 2.05) is 53.6 Å². The first-order valence-corrected chi connectivity index (χ1v) is 7.69. The molecule has 9 heteroatoms. The standard InChI is InChI=1S/C16H12N4.C2HF3O2/c1-2-4-12(5-3-1)13-10-19-20(11-13)15-7-9-18-16-14(15)6-8-17-16;3-2(4,5)1(6)7/h1-11H,(H,17,18);(H,6,7). The number of fused-ring (bicyclic) bond motifs is 1. The molecule has 6 nitrogen and oxygen atoms in total. The van der Waals surface area contributed by atoms with Crippen LogP contribution in [0.2, 0.25) is 0 Å².